The van der Waals surface area contributed by atoms with Gasteiger partial charge in [-0.15, -0.1) is 0 Å². The van der Waals surface area contributed by atoms with Gasteiger partial charge in [-0.1, -0.05) is 42.6 Å². The molecule has 26 heavy (non-hydrogen) atoms. The molecular formula is C20H31ClN4O. The first-order valence-electron chi connectivity index (χ1n) is 9.40. The van der Waals surface area contributed by atoms with Crippen LogP contribution < -0.4 is 10.6 Å². The van der Waals surface area contributed by atoms with Gasteiger partial charge in [-0.2, -0.15) is 0 Å². The molecule has 1 saturated carbocycles. The minimum Gasteiger partial charge on any atom is -0.357 e. The molecular weight excluding hydrogens is 348 g/mol. The Labute approximate surface area is 162 Å². The van der Waals surface area contributed by atoms with Crippen LogP contribution in [0.5, 0.6) is 0 Å². The van der Waals surface area contributed by atoms with E-state index in [0.717, 1.165) is 48.8 Å². The van der Waals surface area contributed by atoms with Crippen LogP contribution in [0.15, 0.2) is 29.3 Å². The number of aliphatic imine (C=N–C) groups is 1. The third kappa shape index (κ3) is 4.91. The summed E-state index contributed by atoms with van der Waals surface area (Å²) in [6.07, 6.45) is 4.00. The van der Waals surface area contributed by atoms with Crippen molar-refractivity contribution in [2.45, 2.75) is 45.6 Å². The third-order valence-electron chi connectivity index (χ3n) is 5.03. The van der Waals surface area contributed by atoms with Gasteiger partial charge in [-0.3, -0.25) is 9.79 Å². The van der Waals surface area contributed by atoms with E-state index in [9.17, 15) is 4.79 Å². The molecule has 0 aromatic heterocycles. The zero-order valence-electron chi connectivity index (χ0n) is 16.3. The lowest BCUT2D eigenvalue weighted by molar-refractivity contribution is -0.138. The van der Waals surface area contributed by atoms with Gasteiger partial charge in [-0.25, -0.2) is 0 Å². The highest BCUT2D eigenvalue weighted by Crippen LogP contribution is 2.39. The van der Waals surface area contributed by atoms with Crippen LogP contribution in [0.25, 0.3) is 0 Å². The lowest BCUT2D eigenvalue weighted by Crippen LogP contribution is -2.43. The lowest BCUT2D eigenvalue weighted by Gasteiger charge is -2.29. The van der Waals surface area contributed by atoms with Crippen molar-refractivity contribution in [2.24, 2.45) is 10.4 Å². The topological polar surface area (TPSA) is 56.7 Å². The van der Waals surface area contributed by atoms with E-state index in [2.05, 4.69) is 17.6 Å². The van der Waals surface area contributed by atoms with Crippen molar-refractivity contribution in [2.75, 3.05) is 27.2 Å². The van der Waals surface area contributed by atoms with Crippen LogP contribution in [0, 0.1) is 5.41 Å². The second-order valence-corrected chi connectivity index (χ2v) is 7.68. The molecule has 1 aliphatic rings. The van der Waals surface area contributed by atoms with Crippen LogP contribution in [0.4, 0.5) is 0 Å². The van der Waals surface area contributed by atoms with Crippen LogP contribution in [-0.2, 0) is 4.79 Å². The molecule has 1 atom stereocenters. The highest BCUT2D eigenvalue weighted by atomic mass is 35.5. The van der Waals surface area contributed by atoms with E-state index in [1.54, 1.807) is 4.90 Å². The molecule has 0 heterocycles. The first kappa shape index (κ1) is 20.6. The van der Waals surface area contributed by atoms with Gasteiger partial charge in [0.2, 0.25) is 5.91 Å². The molecule has 0 saturated heterocycles. The number of nitrogens with one attached hydrogen (secondary N) is 2. The molecule has 1 unspecified atom stereocenters. The van der Waals surface area contributed by atoms with Crippen molar-refractivity contribution in [1.29, 1.82) is 0 Å². The van der Waals surface area contributed by atoms with Crippen molar-refractivity contribution in [3.8, 4) is 0 Å². The summed E-state index contributed by atoms with van der Waals surface area (Å²) in [6, 6.07) is 7.83. The summed E-state index contributed by atoms with van der Waals surface area (Å²) >= 11 is 6.31. The van der Waals surface area contributed by atoms with Gasteiger partial charge in [-0.05, 0) is 38.3 Å². The molecule has 1 amide bonds. The fraction of sp³-hybridized carbons (Fsp3) is 0.600. The number of halogens is 1. The molecule has 0 aliphatic heterocycles. The molecule has 0 bridgehead atoms. The first-order valence-corrected chi connectivity index (χ1v) is 9.78. The quantitative estimate of drug-likeness (QED) is 0.587. The van der Waals surface area contributed by atoms with E-state index in [1.165, 1.54) is 0 Å². The van der Waals surface area contributed by atoms with Crippen molar-refractivity contribution in [3.05, 3.63) is 34.9 Å². The SMILES string of the molecule is CCNC(=NCC1(C(=O)N(C)C)CCCC1)NC(C)c1ccccc1Cl. The van der Waals surface area contributed by atoms with Crippen molar-refractivity contribution in [3.63, 3.8) is 0 Å². The Morgan fingerprint density at radius 1 is 1.31 bits per heavy atom. The molecule has 1 fully saturated rings. The number of carbonyl (C=O) groups excluding carboxylic acids is 1. The van der Waals surface area contributed by atoms with Crippen LogP contribution in [0.2, 0.25) is 5.02 Å². The Bertz CT molecular complexity index is 638. The van der Waals surface area contributed by atoms with E-state index < -0.39 is 0 Å². The molecule has 2 N–H and O–H groups in total. The largest absolute Gasteiger partial charge is 0.357 e. The predicted octanol–water partition coefficient (Wildman–Crippen LogP) is 3.60. The third-order valence-corrected chi connectivity index (χ3v) is 5.37. The average Bonchev–Trinajstić information content (AvgIpc) is 3.09. The average molecular weight is 379 g/mol. The van der Waals surface area contributed by atoms with Gasteiger partial charge in [0.25, 0.3) is 0 Å². The zero-order chi connectivity index (χ0) is 19.2. The molecule has 6 heteroatoms. The van der Waals surface area contributed by atoms with Gasteiger partial charge < -0.3 is 15.5 Å². The number of carbonyl (C=O) groups is 1. The van der Waals surface area contributed by atoms with Gasteiger partial charge >= 0.3 is 0 Å². The van der Waals surface area contributed by atoms with E-state index in [4.69, 9.17) is 16.6 Å². The number of rotatable bonds is 6. The maximum atomic E-state index is 12.7. The van der Waals surface area contributed by atoms with Crippen LogP contribution in [0.3, 0.4) is 0 Å². The number of hydrogen-bond donors (Lipinski definition) is 2. The van der Waals surface area contributed by atoms with Crippen molar-refractivity contribution >= 4 is 23.5 Å². The summed E-state index contributed by atoms with van der Waals surface area (Å²) < 4.78 is 0. The second-order valence-electron chi connectivity index (χ2n) is 7.27. The lowest BCUT2D eigenvalue weighted by atomic mass is 9.85. The smallest absolute Gasteiger partial charge is 0.230 e. The maximum absolute atomic E-state index is 12.7. The Kier molecular flexibility index (Phi) is 7.33. The van der Waals surface area contributed by atoms with Gasteiger partial charge in [0, 0.05) is 25.7 Å². The Balaban J connectivity index is 2.15. The predicted molar refractivity (Wildman–Crippen MR) is 109 cm³/mol. The van der Waals surface area contributed by atoms with E-state index in [1.807, 2.05) is 45.3 Å². The minimum absolute atomic E-state index is 0.0191. The van der Waals surface area contributed by atoms with Crippen LogP contribution in [0.1, 0.15) is 51.1 Å². The molecule has 1 aliphatic carbocycles. The molecule has 2 rings (SSSR count). The molecule has 1 aromatic rings. The summed E-state index contributed by atoms with van der Waals surface area (Å²) in [7, 11) is 3.66. The Morgan fingerprint density at radius 2 is 1.96 bits per heavy atom. The Morgan fingerprint density at radius 3 is 2.54 bits per heavy atom. The highest BCUT2D eigenvalue weighted by Gasteiger charge is 2.42. The number of hydrogen-bond acceptors (Lipinski definition) is 2. The minimum atomic E-state index is -0.362. The molecule has 144 valence electrons. The summed E-state index contributed by atoms with van der Waals surface area (Å²) in [4.78, 5) is 19.2. The first-order chi connectivity index (χ1) is 12.4. The number of benzene rings is 1. The number of guanidine groups is 1. The zero-order valence-corrected chi connectivity index (χ0v) is 17.1. The fourth-order valence-corrected chi connectivity index (χ4v) is 3.92. The standard InChI is InChI=1S/C20H31ClN4O/c1-5-22-19(24-15(2)16-10-6-7-11-17(16)21)23-14-20(12-8-9-13-20)18(26)25(3)4/h6-7,10-11,15H,5,8-9,12-14H2,1-4H3,(H2,22,23,24). The van der Waals surface area contributed by atoms with Gasteiger partial charge in [0.05, 0.1) is 18.0 Å². The molecule has 1 aromatic carbocycles. The van der Waals surface area contributed by atoms with Gasteiger partial charge in [0.15, 0.2) is 5.96 Å². The van der Waals surface area contributed by atoms with Crippen molar-refractivity contribution < 1.29 is 4.79 Å². The van der Waals surface area contributed by atoms with E-state index >= 15 is 0 Å². The van der Waals surface area contributed by atoms with Crippen LogP contribution in [-0.4, -0.2) is 44.0 Å². The van der Waals surface area contributed by atoms with Crippen LogP contribution >= 0.6 is 11.6 Å². The summed E-state index contributed by atoms with van der Waals surface area (Å²) in [6.45, 7) is 5.36. The molecule has 5 nitrogen and oxygen atoms in total. The number of amides is 1. The summed E-state index contributed by atoms with van der Waals surface area (Å²) in [5.74, 6) is 0.909. The second kappa shape index (κ2) is 9.26. The van der Waals surface area contributed by atoms with Gasteiger partial charge in [0.1, 0.15) is 0 Å². The normalized spacial score (nSPS) is 17.7. The summed E-state index contributed by atoms with van der Waals surface area (Å²) in [5, 5.41) is 7.43. The van der Waals surface area contributed by atoms with E-state index in [-0.39, 0.29) is 17.4 Å². The fourth-order valence-electron chi connectivity index (χ4n) is 3.63. The molecule has 0 spiro atoms. The summed E-state index contributed by atoms with van der Waals surface area (Å²) in [5.41, 5.74) is 0.666. The highest BCUT2D eigenvalue weighted by molar-refractivity contribution is 6.31. The maximum Gasteiger partial charge on any atom is 0.230 e. The molecule has 0 radical (unpaired) electrons. The van der Waals surface area contributed by atoms with Crippen molar-refractivity contribution in [1.82, 2.24) is 15.5 Å². The monoisotopic (exact) mass is 378 g/mol. The van der Waals surface area contributed by atoms with E-state index in [0.29, 0.717) is 6.54 Å². The Hall–Kier alpha value is -1.75. The number of nitrogens with zero attached hydrogens (tertiary/aromatic N) is 2.